The first-order valence-corrected chi connectivity index (χ1v) is 12.6. The summed E-state index contributed by atoms with van der Waals surface area (Å²) in [5.74, 6) is 1.41. The highest BCUT2D eigenvalue weighted by Crippen LogP contribution is 2.44. The number of fused-ring (bicyclic) bond motifs is 2. The lowest BCUT2D eigenvalue weighted by Gasteiger charge is -2.22. The van der Waals surface area contributed by atoms with Crippen LogP contribution in [-0.4, -0.2) is 30.1 Å². The van der Waals surface area contributed by atoms with E-state index in [1.165, 1.54) is 46.9 Å². The van der Waals surface area contributed by atoms with Crippen molar-refractivity contribution < 1.29 is 9.47 Å². The Labute approximate surface area is 207 Å². The summed E-state index contributed by atoms with van der Waals surface area (Å²) in [7, 11) is 1.73. The average molecular weight is 465 g/mol. The summed E-state index contributed by atoms with van der Waals surface area (Å²) < 4.78 is 12.2. The van der Waals surface area contributed by atoms with Gasteiger partial charge in [-0.2, -0.15) is 0 Å². The number of hydrogen-bond acceptors (Lipinski definition) is 3. The molecule has 35 heavy (non-hydrogen) atoms. The number of rotatable bonds is 5. The number of aromatic nitrogens is 1. The standard InChI is InChI=1S/C31H32N2O2/c1-31(2)19-35-30(33-31)28(24-13-7-9-15-26(24)34-3)27-23-12-6-8-14-25(23)32-29(27)22-17-16-20-10-4-5-11-21(20)18-22/h6-9,12-18,28,32H,4-5,10-11,19H2,1-3H3. The number of ether oxygens (including phenoxy) is 2. The molecule has 4 nitrogen and oxygen atoms in total. The number of para-hydroxylation sites is 2. The Hall–Kier alpha value is -3.53. The summed E-state index contributed by atoms with van der Waals surface area (Å²) in [5.41, 5.74) is 8.43. The predicted octanol–water partition coefficient (Wildman–Crippen LogP) is 7.06. The number of H-pyrrole nitrogens is 1. The third kappa shape index (κ3) is 3.91. The van der Waals surface area contributed by atoms with Crippen molar-refractivity contribution in [3.8, 4) is 17.0 Å². The van der Waals surface area contributed by atoms with Crippen molar-refractivity contribution in [1.29, 1.82) is 0 Å². The minimum atomic E-state index is -0.256. The minimum absolute atomic E-state index is 0.185. The number of nitrogens with one attached hydrogen (secondary N) is 1. The van der Waals surface area contributed by atoms with Gasteiger partial charge >= 0.3 is 0 Å². The fourth-order valence-corrected chi connectivity index (χ4v) is 5.66. The molecule has 178 valence electrons. The zero-order valence-electron chi connectivity index (χ0n) is 20.7. The van der Waals surface area contributed by atoms with Crippen LogP contribution in [0.15, 0.2) is 71.7 Å². The van der Waals surface area contributed by atoms with Gasteiger partial charge in [-0.1, -0.05) is 48.5 Å². The molecule has 1 aliphatic heterocycles. The van der Waals surface area contributed by atoms with Crippen LogP contribution < -0.4 is 4.74 Å². The molecule has 1 aliphatic carbocycles. The summed E-state index contributed by atoms with van der Waals surface area (Å²) in [5, 5.41) is 1.19. The number of aryl methyl sites for hydroxylation is 2. The molecule has 6 rings (SSSR count). The number of aromatic amines is 1. The van der Waals surface area contributed by atoms with Crippen LogP contribution in [0.25, 0.3) is 22.2 Å². The second-order valence-electron chi connectivity index (χ2n) is 10.4. The van der Waals surface area contributed by atoms with Crippen LogP contribution >= 0.6 is 0 Å². The molecule has 0 bridgehead atoms. The van der Waals surface area contributed by atoms with E-state index >= 15 is 0 Å². The van der Waals surface area contributed by atoms with Crippen molar-refractivity contribution in [2.45, 2.75) is 51.0 Å². The molecule has 2 aliphatic rings. The van der Waals surface area contributed by atoms with Crippen LogP contribution in [0.2, 0.25) is 0 Å². The van der Waals surface area contributed by atoms with Gasteiger partial charge in [0, 0.05) is 22.0 Å². The highest BCUT2D eigenvalue weighted by molar-refractivity contribution is 6.00. The van der Waals surface area contributed by atoms with E-state index in [0.717, 1.165) is 34.8 Å². The number of hydrogen-bond donors (Lipinski definition) is 1. The molecule has 2 heterocycles. The van der Waals surface area contributed by atoms with Crippen molar-refractivity contribution >= 4 is 16.8 Å². The number of aliphatic imine (C=N–C) groups is 1. The van der Waals surface area contributed by atoms with Crippen LogP contribution in [0.1, 0.15) is 54.9 Å². The second-order valence-corrected chi connectivity index (χ2v) is 10.4. The van der Waals surface area contributed by atoms with Crippen LogP contribution in [0, 0.1) is 0 Å². The zero-order valence-corrected chi connectivity index (χ0v) is 20.7. The quantitative estimate of drug-likeness (QED) is 0.344. The summed E-state index contributed by atoms with van der Waals surface area (Å²) in [6.07, 6.45) is 4.88. The summed E-state index contributed by atoms with van der Waals surface area (Å²) in [6, 6.07) is 23.8. The van der Waals surface area contributed by atoms with Crippen molar-refractivity contribution in [2.24, 2.45) is 4.99 Å². The number of methoxy groups -OCH3 is 1. The smallest absolute Gasteiger partial charge is 0.196 e. The van der Waals surface area contributed by atoms with Gasteiger partial charge in [0.15, 0.2) is 5.90 Å². The van der Waals surface area contributed by atoms with Gasteiger partial charge in [-0.05, 0) is 74.4 Å². The fraction of sp³-hybridized carbons (Fsp3) is 0.323. The lowest BCUT2D eigenvalue weighted by Crippen LogP contribution is -2.17. The topological polar surface area (TPSA) is 46.6 Å². The number of nitrogens with zero attached hydrogens (tertiary/aromatic N) is 1. The highest BCUT2D eigenvalue weighted by atomic mass is 16.5. The predicted molar refractivity (Wildman–Crippen MR) is 143 cm³/mol. The first-order valence-electron chi connectivity index (χ1n) is 12.6. The molecule has 3 aromatic carbocycles. The maximum atomic E-state index is 6.32. The summed E-state index contributed by atoms with van der Waals surface area (Å²) in [4.78, 5) is 8.83. The summed E-state index contributed by atoms with van der Waals surface area (Å²) >= 11 is 0. The van der Waals surface area contributed by atoms with Gasteiger partial charge in [0.25, 0.3) is 0 Å². The fourth-order valence-electron chi connectivity index (χ4n) is 5.66. The first-order chi connectivity index (χ1) is 17.0. The van der Waals surface area contributed by atoms with E-state index in [1.54, 1.807) is 7.11 Å². The molecule has 1 aromatic heterocycles. The van der Waals surface area contributed by atoms with Crippen molar-refractivity contribution in [3.63, 3.8) is 0 Å². The van der Waals surface area contributed by atoms with E-state index in [1.807, 2.05) is 12.1 Å². The molecular formula is C31H32N2O2. The Bertz CT molecular complexity index is 1430. The lowest BCUT2D eigenvalue weighted by molar-refractivity contribution is 0.272. The Kier molecular flexibility index (Phi) is 5.40. The largest absolute Gasteiger partial charge is 0.496 e. The van der Waals surface area contributed by atoms with E-state index in [9.17, 15) is 0 Å². The van der Waals surface area contributed by atoms with Gasteiger partial charge in [0.05, 0.1) is 24.3 Å². The molecule has 0 saturated heterocycles. The van der Waals surface area contributed by atoms with Crippen molar-refractivity contribution in [1.82, 2.24) is 4.98 Å². The molecule has 4 heteroatoms. The average Bonchev–Trinajstić information content (AvgIpc) is 3.44. The monoisotopic (exact) mass is 464 g/mol. The second kappa shape index (κ2) is 8.60. The van der Waals surface area contributed by atoms with Crippen LogP contribution in [0.4, 0.5) is 0 Å². The van der Waals surface area contributed by atoms with Gasteiger partial charge in [0.1, 0.15) is 12.4 Å². The molecule has 0 fully saturated rings. The normalized spacial score (nSPS) is 17.5. The van der Waals surface area contributed by atoms with E-state index in [4.69, 9.17) is 14.5 Å². The Morgan fingerprint density at radius 1 is 0.943 bits per heavy atom. The number of benzene rings is 3. The molecule has 0 spiro atoms. The van der Waals surface area contributed by atoms with Gasteiger partial charge in [0.2, 0.25) is 0 Å². The van der Waals surface area contributed by atoms with Gasteiger partial charge in [-0.15, -0.1) is 0 Å². The van der Waals surface area contributed by atoms with Gasteiger partial charge in [-0.3, -0.25) is 0 Å². The molecule has 4 aromatic rings. The molecule has 1 atom stereocenters. The van der Waals surface area contributed by atoms with Gasteiger partial charge < -0.3 is 14.5 Å². The van der Waals surface area contributed by atoms with E-state index in [2.05, 4.69) is 73.4 Å². The Morgan fingerprint density at radius 2 is 1.71 bits per heavy atom. The van der Waals surface area contributed by atoms with Crippen LogP contribution in [0.5, 0.6) is 5.75 Å². The third-order valence-corrected chi connectivity index (χ3v) is 7.36. The maximum absolute atomic E-state index is 6.32. The zero-order chi connectivity index (χ0) is 24.0. The summed E-state index contributed by atoms with van der Waals surface area (Å²) in [6.45, 7) is 4.82. The molecule has 0 saturated carbocycles. The lowest BCUT2D eigenvalue weighted by atomic mass is 9.85. The molecular weight excluding hydrogens is 432 g/mol. The Morgan fingerprint density at radius 3 is 2.51 bits per heavy atom. The van der Waals surface area contributed by atoms with Crippen LogP contribution in [-0.2, 0) is 17.6 Å². The minimum Gasteiger partial charge on any atom is -0.496 e. The van der Waals surface area contributed by atoms with E-state index < -0.39 is 0 Å². The molecule has 1 N–H and O–H groups in total. The van der Waals surface area contributed by atoms with Gasteiger partial charge in [-0.25, -0.2) is 4.99 Å². The molecule has 0 radical (unpaired) electrons. The van der Waals surface area contributed by atoms with E-state index in [0.29, 0.717) is 6.61 Å². The Balaban J connectivity index is 1.63. The maximum Gasteiger partial charge on any atom is 0.196 e. The van der Waals surface area contributed by atoms with Crippen molar-refractivity contribution in [2.75, 3.05) is 13.7 Å². The first kappa shape index (κ1) is 22.0. The SMILES string of the molecule is COc1ccccc1C(C1=NC(C)(C)CO1)c1c(-c2ccc3c(c2)CCCC3)[nH]c2ccccc12. The van der Waals surface area contributed by atoms with E-state index in [-0.39, 0.29) is 11.5 Å². The highest BCUT2D eigenvalue weighted by Gasteiger charge is 2.37. The third-order valence-electron chi connectivity index (χ3n) is 7.36. The van der Waals surface area contributed by atoms with Crippen molar-refractivity contribution in [3.05, 3.63) is 89.0 Å². The molecule has 0 amide bonds. The van der Waals surface area contributed by atoms with Crippen LogP contribution in [0.3, 0.4) is 0 Å². The molecule has 1 unspecified atom stereocenters.